The summed E-state index contributed by atoms with van der Waals surface area (Å²) in [5, 5.41) is 0. The fraction of sp³-hybridized carbons (Fsp3) is 0.476. The highest BCUT2D eigenvalue weighted by Gasteiger charge is 2.46. The van der Waals surface area contributed by atoms with E-state index < -0.39 is 11.8 Å². The predicted octanol–water partition coefficient (Wildman–Crippen LogP) is 4.13. The Morgan fingerprint density at radius 2 is 2.11 bits per heavy atom. The van der Waals surface area contributed by atoms with E-state index >= 15 is 0 Å². The molecule has 6 heteroatoms. The van der Waals surface area contributed by atoms with Gasteiger partial charge in [-0.15, -0.1) is 11.8 Å². The Kier molecular flexibility index (Phi) is 6.37. The number of thioether (sulfide) groups is 1. The van der Waals surface area contributed by atoms with Gasteiger partial charge >= 0.3 is 11.9 Å². The molecule has 27 heavy (non-hydrogen) atoms. The van der Waals surface area contributed by atoms with Gasteiger partial charge in [0.15, 0.2) is 0 Å². The molecule has 0 radical (unpaired) electrons. The van der Waals surface area contributed by atoms with E-state index in [2.05, 4.69) is 18.0 Å². The summed E-state index contributed by atoms with van der Waals surface area (Å²) in [4.78, 5) is 30.9. The molecule has 0 saturated carbocycles. The van der Waals surface area contributed by atoms with Gasteiger partial charge in [0.25, 0.3) is 0 Å². The number of hydrogen-bond acceptors (Lipinski definition) is 6. The van der Waals surface area contributed by atoms with Crippen molar-refractivity contribution in [2.45, 2.75) is 44.4 Å². The Balaban J connectivity index is 2.07. The monoisotopic (exact) mass is 387 g/mol. The minimum atomic E-state index is -0.609. The van der Waals surface area contributed by atoms with Gasteiger partial charge in [0.05, 0.1) is 17.9 Å². The van der Waals surface area contributed by atoms with Crippen LogP contribution in [0.15, 0.2) is 45.4 Å². The topological polar surface area (TPSA) is 65.0 Å². The Labute approximate surface area is 164 Å². The fourth-order valence-corrected chi connectivity index (χ4v) is 4.75. The zero-order chi connectivity index (χ0) is 19.4. The van der Waals surface area contributed by atoms with Crippen molar-refractivity contribution in [1.29, 1.82) is 0 Å². The van der Waals surface area contributed by atoms with Crippen molar-refractivity contribution >= 4 is 29.4 Å². The summed E-state index contributed by atoms with van der Waals surface area (Å²) < 4.78 is 10.6. The maximum atomic E-state index is 12.8. The van der Waals surface area contributed by atoms with E-state index in [9.17, 15) is 9.59 Å². The zero-order valence-electron chi connectivity index (χ0n) is 16.0. The van der Waals surface area contributed by atoms with Crippen molar-refractivity contribution in [3.05, 3.63) is 41.1 Å². The number of rotatable bonds is 7. The van der Waals surface area contributed by atoms with Crippen LogP contribution in [0.1, 0.15) is 45.1 Å². The first-order valence-electron chi connectivity index (χ1n) is 9.42. The van der Waals surface area contributed by atoms with Gasteiger partial charge in [-0.2, -0.15) is 0 Å². The molecule has 2 heterocycles. The normalized spacial score (nSPS) is 21.6. The first kappa shape index (κ1) is 19.7. The number of hydrogen-bond donors (Lipinski definition) is 0. The molecule has 5 nitrogen and oxygen atoms in total. The standard InChI is InChI=1S/C21H25NO4S/c1-4-6-11-27-16-10-8-7-9-14(16)18-17(20(23)25-5-2)13(3)22-15-12-26-21(24)19(15)18/h7-10,17-18H,4-6,11-12H2,1-3H3. The van der Waals surface area contributed by atoms with Crippen molar-refractivity contribution in [2.75, 3.05) is 19.0 Å². The largest absolute Gasteiger partial charge is 0.465 e. The van der Waals surface area contributed by atoms with Crippen molar-refractivity contribution in [2.24, 2.45) is 10.9 Å². The summed E-state index contributed by atoms with van der Waals surface area (Å²) in [7, 11) is 0. The lowest BCUT2D eigenvalue weighted by molar-refractivity contribution is -0.146. The first-order valence-corrected chi connectivity index (χ1v) is 10.4. The maximum Gasteiger partial charge on any atom is 0.337 e. The lowest BCUT2D eigenvalue weighted by Crippen LogP contribution is -2.35. The number of esters is 2. The third kappa shape index (κ3) is 3.95. The molecule has 3 rings (SSSR count). The lowest BCUT2D eigenvalue weighted by atomic mass is 9.76. The molecule has 2 unspecified atom stereocenters. The number of nitrogens with zero attached hydrogens (tertiary/aromatic N) is 1. The second-order valence-electron chi connectivity index (χ2n) is 6.64. The lowest BCUT2D eigenvalue weighted by Gasteiger charge is -2.30. The predicted molar refractivity (Wildman–Crippen MR) is 106 cm³/mol. The highest BCUT2D eigenvalue weighted by molar-refractivity contribution is 7.99. The number of aliphatic imine (C=N–C) groups is 1. The van der Waals surface area contributed by atoms with Crippen LogP contribution in [0.4, 0.5) is 0 Å². The van der Waals surface area contributed by atoms with Gasteiger partial charge in [-0.25, -0.2) is 4.79 Å². The molecule has 144 valence electrons. The van der Waals surface area contributed by atoms with E-state index in [1.165, 1.54) is 0 Å². The molecule has 0 bridgehead atoms. The molecule has 0 aromatic heterocycles. The number of unbranched alkanes of at least 4 members (excludes halogenated alkanes) is 1. The quantitative estimate of drug-likeness (QED) is 0.400. The van der Waals surface area contributed by atoms with E-state index in [0.717, 1.165) is 29.1 Å². The SMILES string of the molecule is CCCCSc1ccccc1C1C2=C(COC2=O)N=C(C)C1C(=O)OCC. The van der Waals surface area contributed by atoms with Gasteiger partial charge < -0.3 is 9.47 Å². The number of cyclic esters (lactones) is 1. The highest BCUT2D eigenvalue weighted by Crippen LogP contribution is 2.45. The summed E-state index contributed by atoms with van der Waals surface area (Å²) in [6.45, 7) is 6.23. The maximum absolute atomic E-state index is 12.8. The summed E-state index contributed by atoms with van der Waals surface area (Å²) in [6, 6.07) is 7.99. The first-order chi connectivity index (χ1) is 13.1. The molecular weight excluding hydrogens is 362 g/mol. The van der Waals surface area contributed by atoms with E-state index in [1.807, 2.05) is 25.1 Å². The van der Waals surface area contributed by atoms with Crippen LogP contribution in [0.5, 0.6) is 0 Å². The van der Waals surface area contributed by atoms with Crippen LogP contribution in [0.2, 0.25) is 0 Å². The second kappa shape index (κ2) is 8.74. The number of carbonyl (C=O) groups is 2. The van der Waals surface area contributed by atoms with E-state index in [4.69, 9.17) is 9.47 Å². The van der Waals surface area contributed by atoms with Gasteiger partial charge in [0, 0.05) is 16.5 Å². The van der Waals surface area contributed by atoms with Crippen LogP contribution < -0.4 is 0 Å². The van der Waals surface area contributed by atoms with Crippen LogP contribution >= 0.6 is 11.8 Å². The highest BCUT2D eigenvalue weighted by atomic mass is 32.2. The van der Waals surface area contributed by atoms with Gasteiger partial charge in [0.2, 0.25) is 0 Å². The van der Waals surface area contributed by atoms with Gasteiger partial charge in [0.1, 0.15) is 12.5 Å². The van der Waals surface area contributed by atoms with Crippen molar-refractivity contribution in [3.8, 4) is 0 Å². The molecule has 2 aliphatic heterocycles. The van der Waals surface area contributed by atoms with E-state index in [1.54, 1.807) is 18.7 Å². The average Bonchev–Trinajstić information content (AvgIpc) is 3.02. The molecule has 0 saturated heterocycles. The summed E-state index contributed by atoms with van der Waals surface area (Å²) in [6.07, 6.45) is 2.24. The molecule has 1 aromatic carbocycles. The Hall–Kier alpha value is -2.08. The molecule has 2 aliphatic rings. The van der Waals surface area contributed by atoms with Crippen LogP contribution in [0.25, 0.3) is 0 Å². The average molecular weight is 388 g/mol. The zero-order valence-corrected chi connectivity index (χ0v) is 16.8. The number of carbonyl (C=O) groups excluding carboxylic acids is 2. The molecule has 0 amide bonds. The van der Waals surface area contributed by atoms with Gasteiger partial charge in [-0.05, 0) is 37.7 Å². The smallest absolute Gasteiger partial charge is 0.337 e. The fourth-order valence-electron chi connectivity index (χ4n) is 3.57. The minimum Gasteiger partial charge on any atom is -0.465 e. The van der Waals surface area contributed by atoms with Crippen molar-refractivity contribution in [3.63, 3.8) is 0 Å². The molecular formula is C21H25NO4S. The number of ether oxygens (including phenoxy) is 2. The summed E-state index contributed by atoms with van der Waals surface area (Å²) in [5.41, 5.74) is 2.78. The molecule has 0 N–H and O–H groups in total. The Bertz CT molecular complexity index is 799. The molecule has 0 aliphatic carbocycles. The summed E-state index contributed by atoms with van der Waals surface area (Å²) >= 11 is 1.76. The van der Waals surface area contributed by atoms with Crippen LogP contribution in [0.3, 0.4) is 0 Å². The Morgan fingerprint density at radius 1 is 1.33 bits per heavy atom. The van der Waals surface area contributed by atoms with Crippen molar-refractivity contribution < 1.29 is 19.1 Å². The van der Waals surface area contributed by atoms with Crippen molar-refractivity contribution in [1.82, 2.24) is 0 Å². The molecule has 0 spiro atoms. The molecule has 0 fully saturated rings. The summed E-state index contributed by atoms with van der Waals surface area (Å²) in [5.74, 6) is -0.760. The van der Waals surface area contributed by atoms with E-state index in [0.29, 0.717) is 23.6 Å². The van der Waals surface area contributed by atoms with Crippen LogP contribution in [0, 0.1) is 5.92 Å². The third-order valence-electron chi connectivity index (χ3n) is 4.83. The molecule has 1 aromatic rings. The Morgan fingerprint density at radius 3 is 2.85 bits per heavy atom. The van der Waals surface area contributed by atoms with Gasteiger partial charge in [-0.3, -0.25) is 9.79 Å². The van der Waals surface area contributed by atoms with Crippen LogP contribution in [-0.2, 0) is 19.1 Å². The number of benzene rings is 1. The third-order valence-corrected chi connectivity index (χ3v) is 6.00. The minimum absolute atomic E-state index is 0.169. The molecule has 2 atom stereocenters. The van der Waals surface area contributed by atoms with Gasteiger partial charge in [-0.1, -0.05) is 31.5 Å². The van der Waals surface area contributed by atoms with Crippen LogP contribution in [-0.4, -0.2) is 36.6 Å². The second-order valence-corrected chi connectivity index (χ2v) is 7.77. The van der Waals surface area contributed by atoms with E-state index in [-0.39, 0.29) is 18.5 Å².